The topological polar surface area (TPSA) is 48.7 Å². The van der Waals surface area contributed by atoms with E-state index in [0.717, 1.165) is 11.3 Å². The van der Waals surface area contributed by atoms with E-state index in [4.69, 9.17) is 5.26 Å². The molecule has 1 heterocycles. The lowest BCUT2D eigenvalue weighted by Gasteiger charge is -2.19. The SMILES string of the molecule is N#Cc1ccc(CN[C@@H](c2ccccc2)c2ccccn2)c(F)c1. The van der Waals surface area contributed by atoms with E-state index in [0.29, 0.717) is 17.7 Å². The lowest BCUT2D eigenvalue weighted by Crippen LogP contribution is -2.23. The maximum atomic E-state index is 14.1. The fraction of sp³-hybridized carbons (Fsp3) is 0.100. The van der Waals surface area contributed by atoms with E-state index in [9.17, 15) is 4.39 Å². The highest BCUT2D eigenvalue weighted by Crippen LogP contribution is 2.21. The predicted octanol–water partition coefficient (Wildman–Crippen LogP) is 3.97. The quantitative estimate of drug-likeness (QED) is 0.774. The normalized spacial score (nSPS) is 11.7. The minimum absolute atomic E-state index is 0.137. The summed E-state index contributed by atoms with van der Waals surface area (Å²) in [7, 11) is 0. The minimum Gasteiger partial charge on any atom is -0.301 e. The van der Waals surface area contributed by atoms with E-state index in [1.165, 1.54) is 6.07 Å². The fourth-order valence-electron chi connectivity index (χ4n) is 2.56. The monoisotopic (exact) mass is 317 g/mol. The molecule has 0 aliphatic rings. The summed E-state index contributed by atoms with van der Waals surface area (Å²) in [5, 5.41) is 12.2. The molecule has 0 bridgehead atoms. The van der Waals surface area contributed by atoms with Crippen molar-refractivity contribution in [3.63, 3.8) is 0 Å². The Morgan fingerprint density at radius 2 is 1.83 bits per heavy atom. The first-order valence-corrected chi connectivity index (χ1v) is 7.65. The summed E-state index contributed by atoms with van der Waals surface area (Å²) in [6.45, 7) is 0.341. The van der Waals surface area contributed by atoms with E-state index in [1.54, 1.807) is 18.3 Å². The number of nitrogens with one attached hydrogen (secondary N) is 1. The summed E-state index contributed by atoms with van der Waals surface area (Å²) in [6.07, 6.45) is 1.75. The first-order chi connectivity index (χ1) is 11.8. The van der Waals surface area contributed by atoms with Gasteiger partial charge in [0, 0.05) is 18.3 Å². The number of nitrogens with zero attached hydrogens (tertiary/aromatic N) is 2. The summed E-state index contributed by atoms with van der Waals surface area (Å²) in [4.78, 5) is 4.42. The van der Waals surface area contributed by atoms with E-state index in [2.05, 4.69) is 10.3 Å². The van der Waals surface area contributed by atoms with Crippen molar-refractivity contribution < 1.29 is 4.39 Å². The van der Waals surface area contributed by atoms with Crippen LogP contribution in [0.5, 0.6) is 0 Å². The molecule has 0 radical (unpaired) electrons. The lowest BCUT2D eigenvalue weighted by atomic mass is 10.0. The Hall–Kier alpha value is -3.03. The van der Waals surface area contributed by atoms with Crippen LogP contribution in [0.3, 0.4) is 0 Å². The largest absolute Gasteiger partial charge is 0.301 e. The number of pyridine rings is 1. The van der Waals surface area contributed by atoms with Gasteiger partial charge in [0.25, 0.3) is 0 Å². The highest BCUT2D eigenvalue weighted by Gasteiger charge is 2.15. The fourth-order valence-corrected chi connectivity index (χ4v) is 2.56. The van der Waals surface area contributed by atoms with Crippen LogP contribution >= 0.6 is 0 Å². The number of hydrogen-bond donors (Lipinski definition) is 1. The van der Waals surface area contributed by atoms with Gasteiger partial charge in [-0.1, -0.05) is 42.5 Å². The second kappa shape index (κ2) is 7.49. The summed E-state index contributed by atoms with van der Waals surface area (Å²) >= 11 is 0. The van der Waals surface area contributed by atoms with Gasteiger partial charge in [0.05, 0.1) is 23.4 Å². The van der Waals surface area contributed by atoms with Crippen LogP contribution in [0.25, 0.3) is 0 Å². The molecule has 4 heteroatoms. The second-order valence-electron chi connectivity index (χ2n) is 5.40. The molecule has 0 amide bonds. The Bertz CT molecular complexity index is 802. The number of aromatic nitrogens is 1. The van der Waals surface area contributed by atoms with Crippen molar-refractivity contribution in [2.45, 2.75) is 12.6 Å². The van der Waals surface area contributed by atoms with Crippen molar-refractivity contribution in [1.82, 2.24) is 10.3 Å². The van der Waals surface area contributed by atoms with E-state index in [1.807, 2.05) is 54.6 Å². The third-order valence-electron chi connectivity index (χ3n) is 3.80. The van der Waals surface area contributed by atoms with Crippen molar-refractivity contribution in [3.05, 3.63) is 101 Å². The zero-order valence-corrected chi connectivity index (χ0v) is 13.0. The van der Waals surface area contributed by atoms with Gasteiger partial charge in [-0.3, -0.25) is 4.98 Å². The molecule has 118 valence electrons. The number of benzene rings is 2. The summed E-state index contributed by atoms with van der Waals surface area (Å²) in [5.41, 5.74) is 2.77. The van der Waals surface area contributed by atoms with E-state index < -0.39 is 0 Å². The Morgan fingerprint density at radius 3 is 2.50 bits per heavy atom. The molecular formula is C20H16FN3. The molecule has 3 rings (SSSR count). The highest BCUT2D eigenvalue weighted by molar-refractivity contribution is 5.33. The molecule has 2 aromatic carbocycles. The molecule has 3 nitrogen and oxygen atoms in total. The molecule has 0 spiro atoms. The van der Waals surface area contributed by atoms with Crippen LogP contribution in [0, 0.1) is 17.1 Å². The molecule has 24 heavy (non-hydrogen) atoms. The maximum Gasteiger partial charge on any atom is 0.129 e. The molecule has 0 fully saturated rings. The Balaban J connectivity index is 1.84. The molecule has 0 saturated heterocycles. The van der Waals surface area contributed by atoms with Gasteiger partial charge in [-0.05, 0) is 29.8 Å². The number of halogens is 1. The van der Waals surface area contributed by atoms with Crippen LogP contribution in [0.15, 0.2) is 72.9 Å². The van der Waals surface area contributed by atoms with Crippen molar-refractivity contribution in [1.29, 1.82) is 5.26 Å². The molecule has 1 aromatic heterocycles. The predicted molar refractivity (Wildman–Crippen MR) is 90.5 cm³/mol. The average molecular weight is 317 g/mol. The van der Waals surface area contributed by atoms with Gasteiger partial charge in [-0.2, -0.15) is 5.26 Å². The molecule has 3 aromatic rings. The van der Waals surface area contributed by atoms with Crippen LogP contribution in [-0.4, -0.2) is 4.98 Å². The number of hydrogen-bond acceptors (Lipinski definition) is 3. The first-order valence-electron chi connectivity index (χ1n) is 7.65. The Labute approximate surface area is 140 Å². The van der Waals surface area contributed by atoms with E-state index >= 15 is 0 Å². The van der Waals surface area contributed by atoms with Gasteiger partial charge in [-0.15, -0.1) is 0 Å². The van der Waals surface area contributed by atoms with Crippen LogP contribution in [0.2, 0.25) is 0 Å². The maximum absolute atomic E-state index is 14.1. The molecule has 1 atom stereocenters. The Morgan fingerprint density at radius 1 is 1.04 bits per heavy atom. The zero-order valence-electron chi connectivity index (χ0n) is 13.0. The summed E-state index contributed by atoms with van der Waals surface area (Å²) in [6, 6.07) is 22.0. The van der Waals surface area contributed by atoms with Crippen molar-refractivity contribution >= 4 is 0 Å². The van der Waals surface area contributed by atoms with Gasteiger partial charge in [-0.25, -0.2) is 4.39 Å². The van der Waals surface area contributed by atoms with Gasteiger partial charge in [0.15, 0.2) is 0 Å². The smallest absolute Gasteiger partial charge is 0.129 e. The van der Waals surface area contributed by atoms with Gasteiger partial charge >= 0.3 is 0 Å². The average Bonchev–Trinajstić information content (AvgIpc) is 2.65. The van der Waals surface area contributed by atoms with Crippen molar-refractivity contribution in [2.75, 3.05) is 0 Å². The van der Waals surface area contributed by atoms with Crippen molar-refractivity contribution in [3.8, 4) is 6.07 Å². The lowest BCUT2D eigenvalue weighted by molar-refractivity contribution is 0.554. The number of nitriles is 1. The van der Waals surface area contributed by atoms with Gasteiger partial charge in [0.2, 0.25) is 0 Å². The molecule has 0 aliphatic heterocycles. The Kier molecular flexibility index (Phi) is 4.95. The van der Waals surface area contributed by atoms with Gasteiger partial charge in [0.1, 0.15) is 5.82 Å². The minimum atomic E-state index is -0.380. The second-order valence-corrected chi connectivity index (χ2v) is 5.40. The molecule has 0 aliphatic carbocycles. The van der Waals surface area contributed by atoms with Crippen LogP contribution in [-0.2, 0) is 6.54 Å². The van der Waals surface area contributed by atoms with Crippen molar-refractivity contribution in [2.24, 2.45) is 0 Å². The van der Waals surface area contributed by atoms with Crippen LogP contribution in [0.1, 0.15) is 28.4 Å². The highest BCUT2D eigenvalue weighted by atomic mass is 19.1. The standard InChI is InChI=1S/C20H16FN3/c21-18-12-15(13-22)9-10-17(18)14-24-20(16-6-2-1-3-7-16)19-8-4-5-11-23-19/h1-12,20,24H,14H2/t20-/m0/s1. The van der Waals surface area contributed by atoms with Crippen LogP contribution in [0.4, 0.5) is 4.39 Å². The third-order valence-corrected chi connectivity index (χ3v) is 3.80. The summed E-state index contributed by atoms with van der Waals surface area (Å²) < 4.78 is 14.1. The van der Waals surface area contributed by atoms with Crippen LogP contribution < -0.4 is 5.32 Å². The summed E-state index contributed by atoms with van der Waals surface area (Å²) in [5.74, 6) is -0.380. The number of rotatable bonds is 5. The molecule has 0 unspecified atom stereocenters. The molecule has 0 saturated carbocycles. The van der Waals surface area contributed by atoms with E-state index in [-0.39, 0.29) is 11.9 Å². The zero-order chi connectivity index (χ0) is 16.8. The third kappa shape index (κ3) is 3.65. The van der Waals surface area contributed by atoms with Gasteiger partial charge < -0.3 is 5.32 Å². The molecular weight excluding hydrogens is 301 g/mol. The molecule has 1 N–H and O–H groups in total. The first kappa shape index (κ1) is 15.9.